The molecular formula is C18H27NO2. The Balaban J connectivity index is 1.91. The lowest BCUT2D eigenvalue weighted by Gasteiger charge is -2.38. The summed E-state index contributed by atoms with van der Waals surface area (Å²) in [6.45, 7) is 5.68. The van der Waals surface area contributed by atoms with Crippen LogP contribution in [0, 0.1) is 5.41 Å². The highest BCUT2D eigenvalue weighted by Crippen LogP contribution is 2.36. The van der Waals surface area contributed by atoms with E-state index in [0.717, 1.165) is 6.54 Å². The van der Waals surface area contributed by atoms with Crippen molar-refractivity contribution >= 4 is 5.97 Å². The first kappa shape index (κ1) is 16.0. The standard InChI is InChI=1S/C18H27NO2/c1-18(2)11-9-16(10-12-18)19(3)13-14-5-7-15(8-6-14)17(20)21-4/h5-8,16H,9-13H2,1-4H3. The van der Waals surface area contributed by atoms with E-state index in [4.69, 9.17) is 4.74 Å². The van der Waals surface area contributed by atoms with E-state index in [0.29, 0.717) is 17.0 Å². The van der Waals surface area contributed by atoms with Gasteiger partial charge in [0.1, 0.15) is 0 Å². The molecule has 0 aromatic heterocycles. The van der Waals surface area contributed by atoms with Crippen molar-refractivity contribution < 1.29 is 9.53 Å². The van der Waals surface area contributed by atoms with Crippen LogP contribution in [0.5, 0.6) is 0 Å². The summed E-state index contributed by atoms with van der Waals surface area (Å²) < 4.78 is 4.72. The molecule has 1 aromatic carbocycles. The zero-order chi connectivity index (χ0) is 15.5. The lowest BCUT2D eigenvalue weighted by atomic mass is 9.75. The van der Waals surface area contributed by atoms with Gasteiger partial charge in [0.2, 0.25) is 0 Å². The SMILES string of the molecule is COC(=O)c1ccc(CN(C)C2CCC(C)(C)CC2)cc1. The molecule has 2 rings (SSSR count). The maximum atomic E-state index is 11.4. The summed E-state index contributed by atoms with van der Waals surface area (Å²) in [5.41, 5.74) is 2.37. The summed E-state index contributed by atoms with van der Waals surface area (Å²) in [5.74, 6) is -0.274. The average Bonchev–Trinajstić information content (AvgIpc) is 2.47. The van der Waals surface area contributed by atoms with Gasteiger partial charge in [-0.15, -0.1) is 0 Å². The molecule has 3 heteroatoms. The Morgan fingerprint density at radius 2 is 1.81 bits per heavy atom. The lowest BCUT2D eigenvalue weighted by molar-refractivity contribution is 0.0600. The predicted molar refractivity (Wildman–Crippen MR) is 85.3 cm³/mol. The third-order valence-corrected chi connectivity index (χ3v) is 4.74. The molecule has 1 saturated carbocycles. The molecule has 0 saturated heterocycles. The highest BCUT2D eigenvalue weighted by molar-refractivity contribution is 5.89. The number of benzene rings is 1. The second kappa shape index (κ2) is 6.61. The van der Waals surface area contributed by atoms with Crippen LogP contribution in [-0.2, 0) is 11.3 Å². The van der Waals surface area contributed by atoms with E-state index in [1.54, 1.807) is 0 Å². The van der Waals surface area contributed by atoms with Crippen molar-refractivity contribution in [3.63, 3.8) is 0 Å². The molecule has 1 aliphatic rings. The quantitative estimate of drug-likeness (QED) is 0.788. The zero-order valence-electron chi connectivity index (χ0n) is 13.7. The van der Waals surface area contributed by atoms with Crippen molar-refractivity contribution in [2.24, 2.45) is 5.41 Å². The summed E-state index contributed by atoms with van der Waals surface area (Å²) >= 11 is 0. The van der Waals surface area contributed by atoms with E-state index >= 15 is 0 Å². The zero-order valence-corrected chi connectivity index (χ0v) is 13.7. The Labute approximate surface area is 128 Å². The first-order valence-electron chi connectivity index (χ1n) is 7.79. The average molecular weight is 289 g/mol. The van der Waals surface area contributed by atoms with Crippen molar-refractivity contribution in [3.8, 4) is 0 Å². The van der Waals surface area contributed by atoms with Crippen LogP contribution in [0.4, 0.5) is 0 Å². The van der Waals surface area contributed by atoms with E-state index in [-0.39, 0.29) is 5.97 Å². The topological polar surface area (TPSA) is 29.5 Å². The van der Waals surface area contributed by atoms with Gasteiger partial charge in [-0.1, -0.05) is 26.0 Å². The second-order valence-electron chi connectivity index (χ2n) is 7.00. The Kier molecular flexibility index (Phi) is 5.04. The fourth-order valence-corrected chi connectivity index (χ4v) is 3.11. The predicted octanol–water partition coefficient (Wildman–Crippen LogP) is 3.87. The highest BCUT2D eigenvalue weighted by atomic mass is 16.5. The van der Waals surface area contributed by atoms with Crippen LogP contribution < -0.4 is 0 Å². The first-order chi connectivity index (χ1) is 9.91. The number of hydrogen-bond donors (Lipinski definition) is 0. The number of carbonyl (C=O) groups excluding carboxylic acids is 1. The van der Waals surface area contributed by atoms with Gasteiger partial charge in [-0.25, -0.2) is 4.79 Å². The molecule has 0 unspecified atom stereocenters. The minimum atomic E-state index is -0.274. The van der Waals surface area contributed by atoms with Crippen LogP contribution in [0.25, 0.3) is 0 Å². The summed E-state index contributed by atoms with van der Waals surface area (Å²) in [7, 11) is 3.62. The normalized spacial score (nSPS) is 18.7. The number of methoxy groups -OCH3 is 1. The monoisotopic (exact) mass is 289 g/mol. The van der Waals surface area contributed by atoms with Gasteiger partial charge in [-0.2, -0.15) is 0 Å². The number of carbonyl (C=O) groups is 1. The van der Waals surface area contributed by atoms with Gasteiger partial charge in [-0.3, -0.25) is 4.90 Å². The van der Waals surface area contributed by atoms with Gasteiger partial charge in [0.05, 0.1) is 12.7 Å². The fourth-order valence-electron chi connectivity index (χ4n) is 3.11. The minimum Gasteiger partial charge on any atom is -0.465 e. The largest absolute Gasteiger partial charge is 0.465 e. The Bertz CT molecular complexity index is 468. The number of esters is 1. The molecule has 0 amide bonds. The van der Waals surface area contributed by atoms with Gasteiger partial charge in [0.25, 0.3) is 0 Å². The molecule has 1 aliphatic carbocycles. The third kappa shape index (κ3) is 4.31. The number of rotatable bonds is 4. The van der Waals surface area contributed by atoms with E-state index < -0.39 is 0 Å². The molecule has 0 N–H and O–H groups in total. The van der Waals surface area contributed by atoms with Gasteiger partial charge < -0.3 is 4.74 Å². The third-order valence-electron chi connectivity index (χ3n) is 4.74. The van der Waals surface area contributed by atoms with Crippen LogP contribution in [0.2, 0.25) is 0 Å². The number of ether oxygens (including phenoxy) is 1. The molecular weight excluding hydrogens is 262 g/mol. The van der Waals surface area contributed by atoms with E-state index in [1.807, 2.05) is 24.3 Å². The Hall–Kier alpha value is -1.35. The Morgan fingerprint density at radius 3 is 2.33 bits per heavy atom. The van der Waals surface area contributed by atoms with Crippen molar-refractivity contribution in [3.05, 3.63) is 35.4 Å². The van der Waals surface area contributed by atoms with Crippen LogP contribution in [0.3, 0.4) is 0 Å². The van der Waals surface area contributed by atoms with Crippen molar-refractivity contribution in [2.45, 2.75) is 52.1 Å². The molecule has 116 valence electrons. The molecule has 1 aromatic rings. The molecule has 0 radical (unpaired) electrons. The second-order valence-corrected chi connectivity index (χ2v) is 7.00. The van der Waals surface area contributed by atoms with Gasteiger partial charge in [0.15, 0.2) is 0 Å². The van der Waals surface area contributed by atoms with E-state index in [2.05, 4.69) is 25.8 Å². The number of nitrogens with zero attached hydrogens (tertiary/aromatic N) is 1. The summed E-state index contributed by atoms with van der Waals surface area (Å²) in [5, 5.41) is 0. The van der Waals surface area contributed by atoms with Gasteiger partial charge >= 0.3 is 5.97 Å². The molecule has 0 spiro atoms. The van der Waals surface area contributed by atoms with E-state index in [1.165, 1.54) is 38.4 Å². The van der Waals surface area contributed by atoms with Crippen LogP contribution in [0.15, 0.2) is 24.3 Å². The van der Waals surface area contributed by atoms with Crippen LogP contribution >= 0.6 is 0 Å². The molecule has 21 heavy (non-hydrogen) atoms. The maximum Gasteiger partial charge on any atom is 0.337 e. The molecule has 0 heterocycles. The smallest absolute Gasteiger partial charge is 0.337 e. The van der Waals surface area contributed by atoms with Crippen LogP contribution in [0.1, 0.15) is 55.5 Å². The van der Waals surface area contributed by atoms with E-state index in [9.17, 15) is 4.79 Å². The highest BCUT2D eigenvalue weighted by Gasteiger charge is 2.28. The minimum absolute atomic E-state index is 0.274. The van der Waals surface area contributed by atoms with Gasteiger partial charge in [0, 0.05) is 12.6 Å². The lowest BCUT2D eigenvalue weighted by Crippen LogP contribution is -2.36. The summed E-state index contributed by atoms with van der Waals surface area (Å²) in [6, 6.07) is 8.42. The number of hydrogen-bond acceptors (Lipinski definition) is 3. The van der Waals surface area contributed by atoms with Crippen molar-refractivity contribution in [1.82, 2.24) is 4.90 Å². The fraction of sp³-hybridized carbons (Fsp3) is 0.611. The van der Waals surface area contributed by atoms with Crippen molar-refractivity contribution in [1.29, 1.82) is 0 Å². The Morgan fingerprint density at radius 1 is 1.24 bits per heavy atom. The summed E-state index contributed by atoms with van der Waals surface area (Å²) in [4.78, 5) is 13.9. The molecule has 0 aliphatic heterocycles. The van der Waals surface area contributed by atoms with Gasteiger partial charge in [-0.05, 0) is 55.8 Å². The van der Waals surface area contributed by atoms with Crippen LogP contribution in [-0.4, -0.2) is 31.1 Å². The molecule has 3 nitrogen and oxygen atoms in total. The molecule has 0 atom stereocenters. The first-order valence-corrected chi connectivity index (χ1v) is 7.79. The van der Waals surface area contributed by atoms with Crippen molar-refractivity contribution in [2.75, 3.05) is 14.2 Å². The maximum absolute atomic E-state index is 11.4. The summed E-state index contributed by atoms with van der Waals surface area (Å²) in [6.07, 6.45) is 5.18. The molecule has 0 bridgehead atoms. The molecule has 1 fully saturated rings.